The summed E-state index contributed by atoms with van der Waals surface area (Å²) in [6.45, 7) is 3.03. The molecule has 5 rings (SSSR count). The molecule has 0 bridgehead atoms. The Morgan fingerprint density at radius 1 is 0.853 bits per heavy atom. The zero-order chi connectivity index (χ0) is 23.3. The number of hydrogen-bond acceptors (Lipinski definition) is 4. The highest BCUT2D eigenvalue weighted by atomic mass is 16.5. The van der Waals surface area contributed by atoms with Crippen LogP contribution in [0.5, 0.6) is 11.5 Å². The van der Waals surface area contributed by atoms with Crippen LogP contribution in [0.4, 0.5) is 0 Å². The molecule has 174 valence electrons. The predicted molar refractivity (Wildman–Crippen MR) is 136 cm³/mol. The van der Waals surface area contributed by atoms with Gasteiger partial charge in [0.15, 0.2) is 0 Å². The summed E-state index contributed by atoms with van der Waals surface area (Å²) < 4.78 is 14.7. The summed E-state index contributed by atoms with van der Waals surface area (Å²) in [6.07, 6.45) is 1.91. The van der Waals surface area contributed by atoms with Crippen molar-refractivity contribution in [3.8, 4) is 33.9 Å². The van der Waals surface area contributed by atoms with Crippen molar-refractivity contribution in [3.05, 3.63) is 90.1 Å². The minimum absolute atomic E-state index is 0.515. The van der Waals surface area contributed by atoms with Crippen LogP contribution >= 0.6 is 0 Å². The van der Waals surface area contributed by atoms with Gasteiger partial charge in [0.1, 0.15) is 17.2 Å². The van der Waals surface area contributed by atoms with Gasteiger partial charge in [0, 0.05) is 29.8 Å². The maximum absolute atomic E-state index is 6.34. The summed E-state index contributed by atoms with van der Waals surface area (Å²) in [6, 6.07) is 27.0. The van der Waals surface area contributed by atoms with Crippen LogP contribution in [-0.4, -0.2) is 41.9 Å². The molecule has 4 aromatic rings. The lowest BCUT2D eigenvalue weighted by Gasteiger charge is -2.14. The van der Waals surface area contributed by atoms with Gasteiger partial charge in [-0.2, -0.15) is 5.10 Å². The quantitative estimate of drug-likeness (QED) is 0.255. The fourth-order valence-corrected chi connectivity index (χ4v) is 4.46. The standard InChI is InChI=1S/C29H31N3O2/c1-31(2)18-10-20-33-21-25-28-23-13-6-8-15-26(23)34-27-16-9-7-14-24(27)29(28)30-32(25)19-17-22-11-4-3-5-12-22/h3-9,11-16H,10,17-21H2,1-2H3. The summed E-state index contributed by atoms with van der Waals surface area (Å²) in [7, 11) is 4.18. The molecule has 0 N–H and O–H groups in total. The number of aromatic nitrogens is 2. The van der Waals surface area contributed by atoms with Crippen LogP contribution in [0.3, 0.4) is 0 Å². The summed E-state index contributed by atoms with van der Waals surface area (Å²) in [4.78, 5) is 2.18. The summed E-state index contributed by atoms with van der Waals surface area (Å²) >= 11 is 0. The molecule has 1 aromatic heterocycles. The van der Waals surface area contributed by atoms with Gasteiger partial charge in [-0.1, -0.05) is 60.7 Å². The highest BCUT2D eigenvalue weighted by Crippen LogP contribution is 2.47. The molecule has 0 radical (unpaired) electrons. The molecular formula is C29H31N3O2. The molecule has 34 heavy (non-hydrogen) atoms. The second-order valence-corrected chi connectivity index (χ2v) is 8.93. The Kier molecular flexibility index (Phi) is 6.74. The van der Waals surface area contributed by atoms with Crippen LogP contribution in [0.2, 0.25) is 0 Å². The van der Waals surface area contributed by atoms with Crippen LogP contribution in [0.25, 0.3) is 22.4 Å². The fraction of sp³-hybridized carbons (Fsp3) is 0.276. The van der Waals surface area contributed by atoms with Gasteiger partial charge in [-0.25, -0.2) is 0 Å². The third kappa shape index (κ3) is 4.76. The Labute approximate surface area is 201 Å². The van der Waals surface area contributed by atoms with Crippen LogP contribution in [0.15, 0.2) is 78.9 Å². The number of hydrogen-bond donors (Lipinski definition) is 0. The van der Waals surface area contributed by atoms with Crippen molar-refractivity contribution in [3.63, 3.8) is 0 Å². The van der Waals surface area contributed by atoms with Crippen molar-refractivity contribution in [1.29, 1.82) is 0 Å². The van der Waals surface area contributed by atoms with Crippen LogP contribution in [0.1, 0.15) is 17.7 Å². The number of aryl methyl sites for hydroxylation is 2. The Morgan fingerprint density at radius 3 is 2.29 bits per heavy atom. The topological polar surface area (TPSA) is 39.5 Å². The second-order valence-electron chi connectivity index (χ2n) is 8.93. The van der Waals surface area contributed by atoms with E-state index in [0.29, 0.717) is 13.2 Å². The normalized spacial score (nSPS) is 12.0. The van der Waals surface area contributed by atoms with Gasteiger partial charge >= 0.3 is 0 Å². The van der Waals surface area contributed by atoms with E-state index >= 15 is 0 Å². The summed E-state index contributed by atoms with van der Waals surface area (Å²) in [5.74, 6) is 1.69. The molecular weight excluding hydrogens is 422 g/mol. The van der Waals surface area contributed by atoms with Crippen LogP contribution in [0, 0.1) is 0 Å². The SMILES string of the molecule is CN(C)CCCOCc1c2c(nn1CCc1ccccc1)-c1ccccc1Oc1ccccc1-2. The summed E-state index contributed by atoms with van der Waals surface area (Å²) in [5.41, 5.74) is 6.55. The maximum atomic E-state index is 6.34. The van der Waals surface area contributed by atoms with Gasteiger partial charge in [-0.3, -0.25) is 4.68 Å². The predicted octanol–water partition coefficient (Wildman–Crippen LogP) is 6.03. The number of para-hydroxylation sites is 2. The van der Waals surface area contributed by atoms with Crippen LogP contribution < -0.4 is 4.74 Å². The van der Waals surface area contributed by atoms with Gasteiger partial charge in [0.05, 0.1) is 12.3 Å². The molecule has 1 aliphatic rings. The second kappa shape index (κ2) is 10.2. The smallest absolute Gasteiger partial charge is 0.136 e. The van der Waals surface area contributed by atoms with Crippen molar-refractivity contribution in [2.75, 3.05) is 27.2 Å². The van der Waals surface area contributed by atoms with Crippen molar-refractivity contribution < 1.29 is 9.47 Å². The third-order valence-electron chi connectivity index (χ3n) is 6.16. The number of nitrogens with zero attached hydrogens (tertiary/aromatic N) is 3. The molecule has 0 spiro atoms. The lowest BCUT2D eigenvalue weighted by molar-refractivity contribution is 0.108. The number of ether oxygens (including phenoxy) is 2. The van der Waals surface area contributed by atoms with Crippen molar-refractivity contribution in [2.24, 2.45) is 0 Å². The minimum Gasteiger partial charge on any atom is -0.456 e. The molecule has 0 saturated heterocycles. The lowest BCUT2D eigenvalue weighted by Crippen LogP contribution is -2.15. The average Bonchev–Trinajstić information content (AvgIpc) is 3.14. The molecule has 5 heteroatoms. The highest BCUT2D eigenvalue weighted by molar-refractivity contribution is 5.89. The molecule has 0 unspecified atom stereocenters. The highest BCUT2D eigenvalue weighted by Gasteiger charge is 2.28. The first-order chi connectivity index (χ1) is 16.7. The molecule has 2 heterocycles. The van der Waals surface area contributed by atoms with E-state index in [1.807, 2.05) is 30.3 Å². The van der Waals surface area contributed by atoms with E-state index in [2.05, 4.69) is 72.2 Å². The monoisotopic (exact) mass is 453 g/mol. The van der Waals surface area contributed by atoms with Crippen molar-refractivity contribution >= 4 is 0 Å². The molecule has 0 amide bonds. The van der Waals surface area contributed by atoms with Crippen molar-refractivity contribution in [1.82, 2.24) is 14.7 Å². The van der Waals surface area contributed by atoms with E-state index in [1.165, 1.54) is 5.56 Å². The zero-order valence-corrected chi connectivity index (χ0v) is 19.9. The molecule has 3 aromatic carbocycles. The largest absolute Gasteiger partial charge is 0.456 e. The van der Waals surface area contributed by atoms with E-state index in [9.17, 15) is 0 Å². The molecule has 0 fully saturated rings. The van der Waals surface area contributed by atoms with E-state index in [0.717, 1.165) is 65.5 Å². The molecule has 0 aliphatic carbocycles. The zero-order valence-electron chi connectivity index (χ0n) is 19.9. The number of fused-ring (bicyclic) bond motifs is 5. The van der Waals surface area contributed by atoms with E-state index < -0.39 is 0 Å². The Hall–Kier alpha value is -3.41. The first kappa shape index (κ1) is 22.4. The van der Waals surface area contributed by atoms with Gasteiger partial charge in [-0.05, 0) is 57.2 Å². The van der Waals surface area contributed by atoms with Gasteiger partial charge in [0.25, 0.3) is 0 Å². The average molecular weight is 454 g/mol. The molecule has 1 aliphatic heterocycles. The van der Waals surface area contributed by atoms with E-state index in [-0.39, 0.29) is 0 Å². The molecule has 5 nitrogen and oxygen atoms in total. The van der Waals surface area contributed by atoms with E-state index in [4.69, 9.17) is 14.6 Å². The Bertz CT molecular complexity index is 1250. The molecule has 0 atom stereocenters. The van der Waals surface area contributed by atoms with Crippen molar-refractivity contribution in [2.45, 2.75) is 26.0 Å². The lowest BCUT2D eigenvalue weighted by atomic mass is 9.99. The first-order valence-corrected chi connectivity index (χ1v) is 11.9. The maximum Gasteiger partial charge on any atom is 0.136 e. The van der Waals surface area contributed by atoms with E-state index in [1.54, 1.807) is 0 Å². The number of benzene rings is 3. The summed E-state index contributed by atoms with van der Waals surface area (Å²) in [5, 5.41) is 5.14. The number of rotatable bonds is 9. The van der Waals surface area contributed by atoms with Gasteiger partial charge in [0.2, 0.25) is 0 Å². The third-order valence-corrected chi connectivity index (χ3v) is 6.16. The first-order valence-electron chi connectivity index (χ1n) is 11.9. The van der Waals surface area contributed by atoms with Gasteiger partial charge in [-0.15, -0.1) is 0 Å². The Morgan fingerprint density at radius 2 is 1.53 bits per heavy atom. The Balaban J connectivity index is 1.55. The van der Waals surface area contributed by atoms with Crippen LogP contribution in [-0.2, 0) is 24.3 Å². The van der Waals surface area contributed by atoms with Gasteiger partial charge < -0.3 is 14.4 Å². The minimum atomic E-state index is 0.515. The fourth-order valence-electron chi connectivity index (χ4n) is 4.46. The molecule has 0 saturated carbocycles.